The average molecular weight is 495 g/mol. The van der Waals surface area contributed by atoms with Crippen LogP contribution in [-0.2, 0) is 0 Å². The summed E-state index contributed by atoms with van der Waals surface area (Å²) in [5, 5.41) is 1.49. The maximum atomic E-state index is 12.9. The molecule has 0 unspecified atom stereocenters. The van der Waals surface area contributed by atoms with Gasteiger partial charge in [-0.25, -0.2) is 4.79 Å². The molecule has 0 bridgehead atoms. The van der Waals surface area contributed by atoms with Gasteiger partial charge in [0.25, 0.3) is 0 Å². The molecule has 1 aliphatic heterocycles. The number of carbonyl (C=O) groups is 2. The number of methoxy groups -OCH3 is 1. The van der Waals surface area contributed by atoms with E-state index in [1.165, 1.54) is 13.2 Å². The largest absolute Gasteiger partial charge is 0.493 e. The predicted octanol–water partition coefficient (Wildman–Crippen LogP) is 6.89. The molecule has 0 spiro atoms. The fourth-order valence-electron chi connectivity index (χ4n) is 3.71. The van der Waals surface area contributed by atoms with Crippen LogP contribution in [0.3, 0.4) is 0 Å². The monoisotopic (exact) mass is 494 g/mol. The SMILES string of the molecule is COc1cccc2cc(C(=O)Oc3ccc4c(c3C)O/C(=C\c3c(Cl)cccc3Cl)C4=O)oc12. The molecule has 0 amide bonds. The van der Waals surface area contributed by atoms with Gasteiger partial charge < -0.3 is 18.6 Å². The van der Waals surface area contributed by atoms with Crippen molar-refractivity contribution in [2.45, 2.75) is 6.92 Å². The van der Waals surface area contributed by atoms with Crippen LogP contribution in [0.15, 0.2) is 64.8 Å². The summed E-state index contributed by atoms with van der Waals surface area (Å²) in [5.74, 6) is 0.124. The van der Waals surface area contributed by atoms with E-state index in [1.54, 1.807) is 61.5 Å². The average Bonchev–Trinajstić information content (AvgIpc) is 3.40. The van der Waals surface area contributed by atoms with Gasteiger partial charge in [-0.1, -0.05) is 41.4 Å². The Balaban J connectivity index is 1.44. The number of Topliss-reactive ketones (excluding diaryl/α,β-unsaturated/α-hetero) is 1. The van der Waals surface area contributed by atoms with E-state index in [4.69, 9.17) is 41.8 Å². The zero-order valence-electron chi connectivity index (χ0n) is 18.0. The van der Waals surface area contributed by atoms with Crippen LogP contribution in [0.1, 0.15) is 32.0 Å². The van der Waals surface area contributed by atoms with Crippen LogP contribution in [0, 0.1) is 6.92 Å². The van der Waals surface area contributed by atoms with Crippen molar-refractivity contribution >= 4 is 52.0 Å². The molecule has 170 valence electrons. The number of esters is 1. The van der Waals surface area contributed by atoms with Crippen LogP contribution in [0.25, 0.3) is 17.0 Å². The van der Waals surface area contributed by atoms with Crippen LogP contribution in [0.2, 0.25) is 10.0 Å². The van der Waals surface area contributed by atoms with Gasteiger partial charge in [-0.15, -0.1) is 0 Å². The summed E-state index contributed by atoms with van der Waals surface area (Å²) in [7, 11) is 1.52. The molecular formula is C26H16Cl2O6. The van der Waals surface area contributed by atoms with Gasteiger partial charge in [0.1, 0.15) is 11.5 Å². The van der Waals surface area contributed by atoms with Crippen molar-refractivity contribution in [3.05, 3.63) is 92.9 Å². The molecule has 5 rings (SSSR count). The van der Waals surface area contributed by atoms with Crippen molar-refractivity contribution in [2.24, 2.45) is 0 Å². The highest BCUT2D eigenvalue weighted by molar-refractivity contribution is 6.37. The van der Waals surface area contributed by atoms with E-state index >= 15 is 0 Å². The molecule has 0 aliphatic carbocycles. The molecule has 6 nitrogen and oxygen atoms in total. The van der Waals surface area contributed by atoms with Crippen LogP contribution in [0.5, 0.6) is 17.2 Å². The fraction of sp³-hybridized carbons (Fsp3) is 0.0769. The second-order valence-corrected chi connectivity index (χ2v) is 8.33. The number of furan rings is 1. The van der Waals surface area contributed by atoms with E-state index in [0.717, 1.165) is 0 Å². The molecule has 0 saturated carbocycles. The summed E-state index contributed by atoms with van der Waals surface area (Å²) in [6.07, 6.45) is 1.50. The van der Waals surface area contributed by atoms with Gasteiger partial charge in [0.2, 0.25) is 11.5 Å². The molecule has 3 aromatic carbocycles. The normalized spacial score (nSPS) is 13.8. The van der Waals surface area contributed by atoms with Crippen molar-refractivity contribution in [3.8, 4) is 17.2 Å². The molecule has 2 heterocycles. The first-order chi connectivity index (χ1) is 16.4. The van der Waals surface area contributed by atoms with E-state index in [2.05, 4.69) is 0 Å². The zero-order valence-corrected chi connectivity index (χ0v) is 19.5. The number of hydrogen-bond donors (Lipinski definition) is 0. The van der Waals surface area contributed by atoms with Gasteiger partial charge in [-0.2, -0.15) is 0 Å². The quantitative estimate of drug-likeness (QED) is 0.174. The molecular weight excluding hydrogens is 479 g/mol. The summed E-state index contributed by atoms with van der Waals surface area (Å²) < 4.78 is 22.3. The number of carbonyl (C=O) groups excluding carboxylic acids is 2. The minimum Gasteiger partial charge on any atom is -0.493 e. The standard InChI is InChI=1S/C26H16Cl2O6/c1-13-19(34-26(30)22-11-14-5-3-8-20(31-2)25(14)33-22)10-9-15-23(29)21(32-24(13)15)12-16-17(27)6-4-7-18(16)28/h3-12H,1-2H3/b21-12-. The summed E-state index contributed by atoms with van der Waals surface area (Å²) >= 11 is 12.4. The highest BCUT2D eigenvalue weighted by Gasteiger charge is 2.31. The molecule has 0 radical (unpaired) electrons. The van der Waals surface area contributed by atoms with Crippen molar-refractivity contribution in [2.75, 3.05) is 7.11 Å². The maximum Gasteiger partial charge on any atom is 0.379 e. The molecule has 1 aromatic heterocycles. The molecule has 8 heteroatoms. The molecule has 0 atom stereocenters. The van der Waals surface area contributed by atoms with Crippen LogP contribution < -0.4 is 14.2 Å². The van der Waals surface area contributed by atoms with Crippen LogP contribution in [0.4, 0.5) is 0 Å². The number of rotatable bonds is 4. The van der Waals surface area contributed by atoms with E-state index in [1.807, 2.05) is 0 Å². The summed E-state index contributed by atoms with van der Waals surface area (Å²) in [5.41, 5.74) is 1.76. The number of benzene rings is 3. The predicted molar refractivity (Wildman–Crippen MR) is 128 cm³/mol. The Kier molecular flexibility index (Phi) is 5.55. The lowest BCUT2D eigenvalue weighted by Gasteiger charge is -2.09. The molecule has 0 N–H and O–H groups in total. The lowest BCUT2D eigenvalue weighted by molar-refractivity contribution is 0.0702. The highest BCUT2D eigenvalue weighted by atomic mass is 35.5. The van der Waals surface area contributed by atoms with Crippen LogP contribution in [-0.4, -0.2) is 18.9 Å². The molecule has 0 fully saturated rings. The Labute approximate surface area is 204 Å². The number of ether oxygens (including phenoxy) is 3. The maximum absolute atomic E-state index is 12.9. The second-order valence-electron chi connectivity index (χ2n) is 7.52. The Morgan fingerprint density at radius 1 is 1.00 bits per heavy atom. The first-order valence-electron chi connectivity index (χ1n) is 10.2. The molecule has 34 heavy (non-hydrogen) atoms. The van der Waals surface area contributed by atoms with Gasteiger partial charge in [0.05, 0.1) is 12.7 Å². The Bertz CT molecular complexity index is 1500. The Morgan fingerprint density at radius 3 is 2.47 bits per heavy atom. The van der Waals surface area contributed by atoms with E-state index in [9.17, 15) is 9.59 Å². The van der Waals surface area contributed by atoms with Gasteiger partial charge in [0, 0.05) is 26.6 Å². The van der Waals surface area contributed by atoms with Crippen molar-refractivity contribution in [1.29, 1.82) is 0 Å². The summed E-state index contributed by atoms with van der Waals surface area (Å²) in [6, 6.07) is 15.1. The van der Waals surface area contributed by atoms with Gasteiger partial charge >= 0.3 is 5.97 Å². The van der Waals surface area contributed by atoms with E-state index in [0.29, 0.717) is 49.2 Å². The zero-order chi connectivity index (χ0) is 24.0. The third-order valence-electron chi connectivity index (χ3n) is 5.44. The first-order valence-corrected chi connectivity index (χ1v) is 10.9. The van der Waals surface area contributed by atoms with Crippen molar-refractivity contribution < 1.29 is 28.2 Å². The van der Waals surface area contributed by atoms with Gasteiger partial charge in [0.15, 0.2) is 17.1 Å². The summed E-state index contributed by atoms with van der Waals surface area (Å²) in [6.45, 7) is 1.70. The summed E-state index contributed by atoms with van der Waals surface area (Å²) in [4.78, 5) is 25.7. The lowest BCUT2D eigenvalue weighted by atomic mass is 10.1. The Hall–Kier alpha value is -3.74. The lowest BCUT2D eigenvalue weighted by Crippen LogP contribution is -2.08. The highest BCUT2D eigenvalue weighted by Crippen LogP contribution is 2.40. The Morgan fingerprint density at radius 2 is 1.74 bits per heavy atom. The molecule has 1 aliphatic rings. The van der Waals surface area contributed by atoms with E-state index < -0.39 is 5.97 Å². The number of halogens is 2. The first kappa shape index (κ1) is 22.1. The molecule has 0 saturated heterocycles. The minimum atomic E-state index is -0.691. The number of hydrogen-bond acceptors (Lipinski definition) is 6. The number of para-hydroxylation sites is 1. The number of fused-ring (bicyclic) bond motifs is 2. The molecule has 4 aromatic rings. The van der Waals surface area contributed by atoms with Crippen molar-refractivity contribution in [1.82, 2.24) is 0 Å². The topological polar surface area (TPSA) is 75.0 Å². The smallest absolute Gasteiger partial charge is 0.379 e. The second kappa shape index (κ2) is 8.56. The minimum absolute atomic E-state index is 0.0188. The van der Waals surface area contributed by atoms with E-state index in [-0.39, 0.29) is 23.1 Å². The third kappa shape index (κ3) is 3.71. The number of allylic oxidation sites excluding steroid dienone is 1. The number of ketones is 1. The third-order valence-corrected chi connectivity index (χ3v) is 6.10. The fourth-order valence-corrected chi connectivity index (χ4v) is 4.21. The van der Waals surface area contributed by atoms with Crippen LogP contribution >= 0.6 is 23.2 Å². The van der Waals surface area contributed by atoms with Gasteiger partial charge in [-0.05, 0) is 49.4 Å². The van der Waals surface area contributed by atoms with Gasteiger partial charge in [-0.3, -0.25) is 4.79 Å². The van der Waals surface area contributed by atoms with Crippen molar-refractivity contribution in [3.63, 3.8) is 0 Å².